The fourth-order valence-corrected chi connectivity index (χ4v) is 3.75. The third-order valence-corrected chi connectivity index (χ3v) is 4.93. The predicted octanol–water partition coefficient (Wildman–Crippen LogP) is 4.01. The molecule has 3 heteroatoms. The van der Waals surface area contributed by atoms with Gasteiger partial charge in [0.25, 0.3) is 0 Å². The molecule has 2 fully saturated rings. The van der Waals surface area contributed by atoms with Gasteiger partial charge >= 0.3 is 0 Å². The summed E-state index contributed by atoms with van der Waals surface area (Å²) in [6.45, 7) is 0. The van der Waals surface area contributed by atoms with Gasteiger partial charge in [0.2, 0.25) is 0 Å². The van der Waals surface area contributed by atoms with Crippen LogP contribution in [0.4, 0.5) is 0 Å². The summed E-state index contributed by atoms with van der Waals surface area (Å²) in [5.41, 5.74) is 1.00. The van der Waals surface area contributed by atoms with Gasteiger partial charge in [0.15, 0.2) is 0 Å². The Labute approximate surface area is 115 Å². The highest BCUT2D eigenvalue weighted by Gasteiger charge is 2.34. The zero-order valence-electron chi connectivity index (χ0n) is 11.6. The zero-order valence-corrected chi connectivity index (χ0v) is 11.6. The first kappa shape index (κ1) is 12.7. The van der Waals surface area contributed by atoms with E-state index in [1.165, 1.54) is 44.9 Å². The minimum Gasteiger partial charge on any atom is -0.269 e. The van der Waals surface area contributed by atoms with Crippen molar-refractivity contribution in [2.45, 2.75) is 70.3 Å². The monoisotopic (exact) mass is 257 g/mol. The average molecular weight is 257 g/mol. The lowest BCUT2D eigenvalue weighted by atomic mass is 9.83. The summed E-state index contributed by atoms with van der Waals surface area (Å²) in [7, 11) is 0. The van der Waals surface area contributed by atoms with Gasteiger partial charge in [0.1, 0.15) is 0 Å². The van der Waals surface area contributed by atoms with Gasteiger partial charge in [0.05, 0.1) is 23.2 Å². The lowest BCUT2D eigenvalue weighted by Gasteiger charge is -2.22. The van der Waals surface area contributed by atoms with Crippen LogP contribution in [0.15, 0.2) is 12.3 Å². The molecule has 19 heavy (non-hydrogen) atoms. The molecule has 1 aromatic heterocycles. The predicted molar refractivity (Wildman–Crippen MR) is 74.6 cm³/mol. The van der Waals surface area contributed by atoms with Crippen molar-refractivity contribution in [3.8, 4) is 6.07 Å². The Morgan fingerprint density at radius 2 is 1.95 bits per heavy atom. The van der Waals surface area contributed by atoms with Crippen LogP contribution in [0.2, 0.25) is 0 Å². The molecule has 0 radical (unpaired) electrons. The third kappa shape index (κ3) is 2.68. The molecule has 0 bridgehead atoms. The molecule has 0 amide bonds. The van der Waals surface area contributed by atoms with Gasteiger partial charge < -0.3 is 0 Å². The van der Waals surface area contributed by atoms with Crippen LogP contribution >= 0.6 is 0 Å². The van der Waals surface area contributed by atoms with E-state index in [-0.39, 0.29) is 5.41 Å². The van der Waals surface area contributed by atoms with Crippen LogP contribution in [0.1, 0.15) is 69.5 Å². The topological polar surface area (TPSA) is 41.6 Å². The Balaban J connectivity index is 1.69. The molecule has 0 unspecified atom stereocenters. The Morgan fingerprint density at radius 3 is 2.63 bits per heavy atom. The second-order valence-electron chi connectivity index (χ2n) is 6.35. The molecule has 0 aliphatic heterocycles. The highest BCUT2D eigenvalue weighted by molar-refractivity contribution is 5.12. The molecular weight excluding hydrogens is 234 g/mol. The maximum atomic E-state index is 9.45. The minimum atomic E-state index is -0.119. The van der Waals surface area contributed by atoms with E-state index in [9.17, 15) is 5.26 Å². The fourth-order valence-electron chi connectivity index (χ4n) is 3.75. The average Bonchev–Trinajstić information content (AvgIpc) is 3.10. The Kier molecular flexibility index (Phi) is 3.59. The van der Waals surface area contributed by atoms with Gasteiger partial charge in [0, 0.05) is 12.6 Å². The van der Waals surface area contributed by atoms with Crippen LogP contribution in [0, 0.1) is 16.7 Å². The zero-order chi connectivity index (χ0) is 13.1. The van der Waals surface area contributed by atoms with Gasteiger partial charge in [-0.25, -0.2) is 0 Å². The molecule has 2 aliphatic carbocycles. The highest BCUT2D eigenvalue weighted by Crippen LogP contribution is 2.40. The Morgan fingerprint density at radius 1 is 1.21 bits per heavy atom. The van der Waals surface area contributed by atoms with Crippen molar-refractivity contribution in [3.05, 3.63) is 18.0 Å². The van der Waals surface area contributed by atoms with Crippen molar-refractivity contribution in [2.75, 3.05) is 0 Å². The van der Waals surface area contributed by atoms with Crippen molar-refractivity contribution in [2.24, 2.45) is 5.41 Å². The molecule has 2 saturated carbocycles. The van der Waals surface area contributed by atoms with Gasteiger partial charge in [-0.3, -0.25) is 4.68 Å². The second-order valence-corrected chi connectivity index (χ2v) is 6.35. The number of aromatic nitrogens is 2. The summed E-state index contributed by atoms with van der Waals surface area (Å²) in [4.78, 5) is 0. The summed E-state index contributed by atoms with van der Waals surface area (Å²) < 4.78 is 2.16. The van der Waals surface area contributed by atoms with Crippen molar-refractivity contribution in [3.63, 3.8) is 0 Å². The smallest absolute Gasteiger partial charge is 0.0693 e. The molecule has 1 heterocycles. The third-order valence-electron chi connectivity index (χ3n) is 4.93. The lowest BCUT2D eigenvalue weighted by Crippen LogP contribution is -2.18. The van der Waals surface area contributed by atoms with E-state index < -0.39 is 0 Å². The van der Waals surface area contributed by atoms with E-state index in [4.69, 9.17) is 5.10 Å². The Bertz CT molecular complexity index is 457. The number of nitrogens with zero attached hydrogens (tertiary/aromatic N) is 3. The van der Waals surface area contributed by atoms with Gasteiger partial charge in [-0.05, 0) is 31.7 Å². The van der Waals surface area contributed by atoms with Crippen LogP contribution < -0.4 is 0 Å². The van der Waals surface area contributed by atoms with E-state index in [1.54, 1.807) is 0 Å². The molecule has 2 aliphatic rings. The first-order valence-corrected chi connectivity index (χ1v) is 7.77. The quantitative estimate of drug-likeness (QED) is 0.820. The molecule has 102 valence electrons. The Hall–Kier alpha value is -1.30. The van der Waals surface area contributed by atoms with Gasteiger partial charge in [-0.15, -0.1) is 0 Å². The molecule has 3 rings (SSSR count). The number of nitriles is 1. The normalized spacial score (nSPS) is 23.3. The van der Waals surface area contributed by atoms with Crippen LogP contribution in [0.5, 0.6) is 0 Å². The molecular formula is C16H23N3. The van der Waals surface area contributed by atoms with E-state index in [0.717, 1.165) is 25.0 Å². The first-order valence-electron chi connectivity index (χ1n) is 7.77. The van der Waals surface area contributed by atoms with Crippen molar-refractivity contribution >= 4 is 0 Å². The highest BCUT2D eigenvalue weighted by atomic mass is 15.3. The summed E-state index contributed by atoms with van der Waals surface area (Å²) in [6, 6.07) is 5.30. The number of hydrogen-bond donors (Lipinski definition) is 0. The lowest BCUT2D eigenvalue weighted by molar-refractivity contribution is 0.325. The largest absolute Gasteiger partial charge is 0.269 e. The fraction of sp³-hybridized carbons (Fsp3) is 0.750. The van der Waals surface area contributed by atoms with Crippen molar-refractivity contribution < 1.29 is 0 Å². The maximum Gasteiger partial charge on any atom is 0.0693 e. The molecule has 0 N–H and O–H groups in total. The first-order chi connectivity index (χ1) is 9.31. The van der Waals surface area contributed by atoms with Crippen LogP contribution in [-0.4, -0.2) is 9.78 Å². The number of rotatable bonds is 3. The van der Waals surface area contributed by atoms with E-state index in [1.807, 2.05) is 0 Å². The summed E-state index contributed by atoms with van der Waals surface area (Å²) in [6.07, 6.45) is 14.1. The second kappa shape index (κ2) is 5.36. The van der Waals surface area contributed by atoms with Gasteiger partial charge in [-0.2, -0.15) is 10.4 Å². The molecule has 0 atom stereocenters. The molecule has 1 aromatic rings. The van der Waals surface area contributed by atoms with E-state index in [2.05, 4.69) is 23.0 Å². The van der Waals surface area contributed by atoms with Gasteiger partial charge in [-0.1, -0.05) is 32.1 Å². The SMILES string of the molecule is N#CC1(Cc2ccn(C3CCCCC3)n2)CCCC1. The van der Waals surface area contributed by atoms with E-state index in [0.29, 0.717) is 6.04 Å². The van der Waals surface area contributed by atoms with Crippen LogP contribution in [-0.2, 0) is 6.42 Å². The molecule has 3 nitrogen and oxygen atoms in total. The molecule has 0 spiro atoms. The van der Waals surface area contributed by atoms with Crippen LogP contribution in [0.3, 0.4) is 0 Å². The summed E-state index contributed by atoms with van der Waals surface area (Å²) in [5, 5.41) is 14.2. The molecule has 0 aromatic carbocycles. The van der Waals surface area contributed by atoms with E-state index >= 15 is 0 Å². The van der Waals surface area contributed by atoms with Crippen molar-refractivity contribution in [1.82, 2.24) is 9.78 Å². The van der Waals surface area contributed by atoms with Crippen LogP contribution in [0.25, 0.3) is 0 Å². The number of hydrogen-bond acceptors (Lipinski definition) is 2. The summed E-state index contributed by atoms with van der Waals surface area (Å²) >= 11 is 0. The summed E-state index contributed by atoms with van der Waals surface area (Å²) in [5.74, 6) is 0. The molecule has 0 saturated heterocycles. The standard InChI is InChI=1S/C16H23N3/c17-13-16(9-4-5-10-16)12-14-8-11-19(18-14)15-6-2-1-3-7-15/h8,11,15H,1-7,9-10,12H2. The maximum absolute atomic E-state index is 9.45. The van der Waals surface area contributed by atoms with Crippen molar-refractivity contribution in [1.29, 1.82) is 5.26 Å². The minimum absolute atomic E-state index is 0.119.